The SMILES string of the molecule is COC(=O)[C@@H]1[C@@]2(c3ccccc3)[C@@H](c3ccccc3)NC3(C(=O)NC(=O)NC3=O)[C@@]12c1ccccc1. The van der Waals surface area contributed by atoms with Gasteiger partial charge in [-0.25, -0.2) is 4.79 Å². The zero-order valence-electron chi connectivity index (χ0n) is 19.4. The topological polar surface area (TPSA) is 114 Å². The average Bonchev–Trinajstić information content (AvgIpc) is 3.46. The Labute approximate surface area is 207 Å². The van der Waals surface area contributed by atoms with Crippen LogP contribution >= 0.6 is 0 Å². The van der Waals surface area contributed by atoms with Crippen LogP contribution in [0.25, 0.3) is 0 Å². The van der Waals surface area contributed by atoms with Crippen molar-refractivity contribution in [2.45, 2.75) is 22.4 Å². The lowest BCUT2D eigenvalue weighted by Crippen LogP contribution is -2.76. The van der Waals surface area contributed by atoms with Crippen LogP contribution in [0, 0.1) is 5.92 Å². The summed E-state index contributed by atoms with van der Waals surface area (Å²) in [7, 11) is 1.30. The summed E-state index contributed by atoms with van der Waals surface area (Å²) in [6.07, 6.45) is 0. The number of rotatable bonds is 4. The lowest BCUT2D eigenvalue weighted by atomic mass is 9.69. The Kier molecular flexibility index (Phi) is 4.68. The Morgan fingerprint density at radius 2 is 1.25 bits per heavy atom. The quantitative estimate of drug-likeness (QED) is 0.389. The van der Waals surface area contributed by atoms with Crippen LogP contribution in [-0.2, 0) is 30.0 Å². The number of hydrogen-bond acceptors (Lipinski definition) is 6. The molecule has 2 saturated heterocycles. The van der Waals surface area contributed by atoms with Gasteiger partial charge in [0.1, 0.15) is 0 Å². The Hall–Kier alpha value is -4.30. The van der Waals surface area contributed by atoms with Gasteiger partial charge < -0.3 is 4.74 Å². The summed E-state index contributed by atoms with van der Waals surface area (Å²) in [5, 5.41) is 7.92. The maximum absolute atomic E-state index is 13.9. The fourth-order valence-corrected chi connectivity index (χ4v) is 6.95. The third-order valence-electron chi connectivity index (χ3n) is 8.05. The summed E-state index contributed by atoms with van der Waals surface area (Å²) < 4.78 is 5.32. The van der Waals surface area contributed by atoms with Gasteiger partial charge >= 0.3 is 12.0 Å². The molecule has 0 unspecified atom stereocenters. The number of carbonyl (C=O) groups excluding carboxylic acids is 4. The van der Waals surface area contributed by atoms with Gasteiger partial charge in [0.15, 0.2) is 5.54 Å². The number of barbiturate groups is 1. The van der Waals surface area contributed by atoms with E-state index in [1.807, 2.05) is 78.9 Å². The van der Waals surface area contributed by atoms with Crippen molar-refractivity contribution in [1.82, 2.24) is 16.0 Å². The molecule has 3 aliphatic rings. The largest absolute Gasteiger partial charge is 0.469 e. The molecule has 0 aromatic heterocycles. The molecule has 180 valence electrons. The van der Waals surface area contributed by atoms with Gasteiger partial charge in [-0.3, -0.25) is 30.3 Å². The normalized spacial score (nSPS) is 29.8. The summed E-state index contributed by atoms with van der Waals surface area (Å²) in [6.45, 7) is 0. The molecule has 1 saturated carbocycles. The summed E-state index contributed by atoms with van der Waals surface area (Å²) in [4.78, 5) is 53.5. The molecule has 4 atom stereocenters. The van der Waals surface area contributed by atoms with Crippen LogP contribution in [0.5, 0.6) is 0 Å². The molecule has 2 aliphatic heterocycles. The Morgan fingerprint density at radius 1 is 0.750 bits per heavy atom. The molecule has 1 aliphatic carbocycles. The second kappa shape index (κ2) is 7.60. The summed E-state index contributed by atoms with van der Waals surface area (Å²) >= 11 is 0. The van der Waals surface area contributed by atoms with Gasteiger partial charge in [0.2, 0.25) is 0 Å². The first-order valence-corrected chi connectivity index (χ1v) is 11.6. The van der Waals surface area contributed by atoms with E-state index in [-0.39, 0.29) is 0 Å². The summed E-state index contributed by atoms with van der Waals surface area (Å²) in [6, 6.07) is 26.3. The van der Waals surface area contributed by atoms with E-state index in [0.29, 0.717) is 5.56 Å². The minimum absolute atomic E-state index is 0.540. The smallest absolute Gasteiger partial charge is 0.328 e. The maximum Gasteiger partial charge on any atom is 0.328 e. The molecule has 3 fully saturated rings. The van der Waals surface area contributed by atoms with Crippen molar-refractivity contribution >= 4 is 23.8 Å². The number of amides is 4. The van der Waals surface area contributed by atoms with Gasteiger partial charge in [-0.05, 0) is 16.7 Å². The zero-order valence-corrected chi connectivity index (χ0v) is 19.4. The van der Waals surface area contributed by atoms with Crippen molar-refractivity contribution in [3.63, 3.8) is 0 Å². The van der Waals surface area contributed by atoms with Crippen LogP contribution in [0.1, 0.15) is 22.7 Å². The molecule has 0 bridgehead atoms. The van der Waals surface area contributed by atoms with E-state index >= 15 is 0 Å². The Balaban J connectivity index is 1.76. The number of nitrogens with one attached hydrogen (secondary N) is 3. The third kappa shape index (κ3) is 2.41. The highest BCUT2D eigenvalue weighted by atomic mass is 16.5. The molecule has 0 radical (unpaired) electrons. The van der Waals surface area contributed by atoms with Crippen LogP contribution in [0.2, 0.25) is 0 Å². The highest BCUT2D eigenvalue weighted by Crippen LogP contribution is 2.82. The van der Waals surface area contributed by atoms with Gasteiger partial charge in [-0.2, -0.15) is 0 Å². The van der Waals surface area contributed by atoms with E-state index in [2.05, 4.69) is 16.0 Å². The van der Waals surface area contributed by atoms with E-state index in [1.165, 1.54) is 7.11 Å². The van der Waals surface area contributed by atoms with Gasteiger partial charge in [-0.15, -0.1) is 0 Å². The lowest BCUT2D eigenvalue weighted by Gasteiger charge is -2.40. The van der Waals surface area contributed by atoms with Crippen molar-refractivity contribution < 1.29 is 23.9 Å². The molecule has 3 aromatic carbocycles. The summed E-state index contributed by atoms with van der Waals surface area (Å²) in [5.74, 6) is -3.05. The molecule has 3 N–H and O–H groups in total. The maximum atomic E-state index is 13.9. The fourth-order valence-electron chi connectivity index (χ4n) is 6.95. The molecule has 4 amide bonds. The number of carbonyl (C=O) groups is 4. The molecule has 36 heavy (non-hydrogen) atoms. The van der Waals surface area contributed by atoms with Crippen molar-refractivity contribution in [3.8, 4) is 0 Å². The van der Waals surface area contributed by atoms with Crippen molar-refractivity contribution in [1.29, 1.82) is 0 Å². The predicted molar refractivity (Wildman–Crippen MR) is 128 cm³/mol. The monoisotopic (exact) mass is 481 g/mol. The molecular weight excluding hydrogens is 458 g/mol. The molecule has 2 heterocycles. The van der Waals surface area contributed by atoms with Gasteiger partial charge in [-0.1, -0.05) is 91.0 Å². The minimum atomic E-state index is -1.97. The van der Waals surface area contributed by atoms with Crippen LogP contribution in [0.4, 0.5) is 4.79 Å². The van der Waals surface area contributed by atoms with Gasteiger partial charge in [0, 0.05) is 11.5 Å². The number of benzene rings is 3. The van der Waals surface area contributed by atoms with Crippen LogP contribution in [-0.4, -0.2) is 36.5 Å². The lowest BCUT2D eigenvalue weighted by molar-refractivity contribution is -0.146. The third-order valence-corrected chi connectivity index (χ3v) is 8.05. The summed E-state index contributed by atoms with van der Waals surface area (Å²) in [5.41, 5.74) is -2.26. The number of urea groups is 1. The average molecular weight is 482 g/mol. The van der Waals surface area contributed by atoms with E-state index in [9.17, 15) is 19.2 Å². The molecule has 3 aromatic rings. The highest BCUT2D eigenvalue weighted by Gasteiger charge is 2.96. The van der Waals surface area contributed by atoms with Crippen molar-refractivity contribution in [3.05, 3.63) is 108 Å². The number of imide groups is 2. The fraction of sp³-hybridized carbons (Fsp3) is 0.214. The number of fused-ring (bicyclic) bond motifs is 2. The minimum Gasteiger partial charge on any atom is -0.469 e. The van der Waals surface area contributed by atoms with E-state index in [4.69, 9.17) is 4.74 Å². The molecule has 8 heteroatoms. The number of ether oxygens (including phenoxy) is 1. The second-order valence-corrected chi connectivity index (χ2v) is 9.34. The van der Waals surface area contributed by atoms with E-state index in [1.54, 1.807) is 12.1 Å². The molecule has 6 rings (SSSR count). The highest BCUT2D eigenvalue weighted by molar-refractivity contribution is 6.25. The van der Waals surface area contributed by atoms with Crippen LogP contribution in [0.15, 0.2) is 91.0 Å². The predicted octanol–water partition coefficient (Wildman–Crippen LogP) is 2.11. The zero-order chi connectivity index (χ0) is 25.1. The Morgan fingerprint density at radius 3 is 1.78 bits per heavy atom. The molecular formula is C28H23N3O5. The molecule has 8 nitrogen and oxygen atoms in total. The first kappa shape index (κ1) is 22.2. The van der Waals surface area contributed by atoms with Gasteiger partial charge in [0.05, 0.1) is 18.4 Å². The van der Waals surface area contributed by atoms with Crippen molar-refractivity contribution in [2.75, 3.05) is 7.11 Å². The molecule has 1 spiro atoms. The Bertz CT molecular complexity index is 1370. The van der Waals surface area contributed by atoms with Gasteiger partial charge in [0.25, 0.3) is 11.8 Å². The number of piperidine rings is 1. The first-order valence-electron chi connectivity index (χ1n) is 11.6. The van der Waals surface area contributed by atoms with Crippen molar-refractivity contribution in [2.24, 2.45) is 5.92 Å². The number of esters is 1. The van der Waals surface area contributed by atoms with E-state index in [0.717, 1.165) is 11.1 Å². The second-order valence-electron chi connectivity index (χ2n) is 9.34. The van der Waals surface area contributed by atoms with Crippen LogP contribution < -0.4 is 16.0 Å². The first-order chi connectivity index (χ1) is 17.5. The van der Waals surface area contributed by atoms with Crippen LogP contribution in [0.3, 0.4) is 0 Å². The number of hydrogen-bond donors (Lipinski definition) is 3. The number of methoxy groups -OCH3 is 1. The standard InChI is InChI=1S/C28H23N3O5/c1-36-22(32)20-26(18-13-7-3-8-14-18)21(17-11-5-2-6-12-17)31-28(23(33)29-25(35)30-24(28)34)27(20,26)19-15-9-4-10-16-19/h2-16,20-21,31H,1H3,(H2,29,30,33,34,35)/t20-,21-,26+,27+/m1/s1. The van der Waals surface area contributed by atoms with E-state index < -0.39 is 52.1 Å².